The Hall–Kier alpha value is -1.56. The van der Waals surface area contributed by atoms with Gasteiger partial charge in [-0.1, -0.05) is 24.2 Å². The molecule has 1 aliphatic rings. The number of rotatable bonds is 7. The van der Waals surface area contributed by atoms with Crippen molar-refractivity contribution in [3.05, 3.63) is 41.4 Å². The number of aliphatic hydroxyl groups is 1. The minimum absolute atomic E-state index is 0.0341. The molecule has 0 spiro atoms. The highest BCUT2D eigenvalue weighted by Crippen LogP contribution is 2.32. The maximum absolute atomic E-state index is 12.3. The zero-order valence-electron chi connectivity index (χ0n) is 13.3. The van der Waals surface area contributed by atoms with Gasteiger partial charge in [0, 0.05) is 29.2 Å². The van der Waals surface area contributed by atoms with Crippen LogP contribution in [0.25, 0.3) is 0 Å². The Balaban J connectivity index is 2.26. The third-order valence-electron chi connectivity index (χ3n) is 4.18. The van der Waals surface area contributed by atoms with Crippen LogP contribution in [0.2, 0.25) is 5.02 Å². The summed E-state index contributed by atoms with van der Waals surface area (Å²) < 4.78 is 10.7. The van der Waals surface area contributed by atoms with Gasteiger partial charge < -0.3 is 19.5 Å². The quantitative estimate of drug-likeness (QED) is 0.774. The first kappa shape index (κ1) is 17.8. The predicted octanol–water partition coefficient (Wildman–Crippen LogP) is 2.26. The smallest absolute Gasteiger partial charge is 0.246 e. The van der Waals surface area contributed by atoms with Crippen LogP contribution < -0.4 is 4.74 Å². The fraction of sp³-hybridized carbons (Fsp3) is 0.471. The van der Waals surface area contributed by atoms with Crippen molar-refractivity contribution in [2.75, 3.05) is 33.5 Å². The number of ether oxygens (including phenoxy) is 2. The van der Waals surface area contributed by atoms with E-state index in [1.807, 2.05) is 0 Å². The van der Waals surface area contributed by atoms with E-state index in [2.05, 4.69) is 6.58 Å². The molecule has 5 nitrogen and oxygen atoms in total. The fourth-order valence-corrected chi connectivity index (χ4v) is 2.99. The fourth-order valence-electron chi connectivity index (χ4n) is 2.77. The lowest BCUT2D eigenvalue weighted by Gasteiger charge is -2.33. The molecule has 0 aromatic heterocycles. The normalized spacial score (nSPS) is 20.3. The Morgan fingerprint density at radius 3 is 2.96 bits per heavy atom. The molecule has 1 aromatic carbocycles. The van der Waals surface area contributed by atoms with Crippen LogP contribution in [0.5, 0.6) is 5.75 Å². The molecule has 1 heterocycles. The van der Waals surface area contributed by atoms with Crippen LogP contribution in [0.3, 0.4) is 0 Å². The maximum Gasteiger partial charge on any atom is 0.246 e. The molecular formula is C17H22ClNO4. The van der Waals surface area contributed by atoms with E-state index in [0.717, 1.165) is 5.56 Å². The molecule has 0 aliphatic carbocycles. The second-order valence-electron chi connectivity index (χ2n) is 5.78. The Labute approximate surface area is 141 Å². The number of methoxy groups -OCH3 is 1. The predicted molar refractivity (Wildman–Crippen MR) is 88.6 cm³/mol. The molecular weight excluding hydrogens is 318 g/mol. The van der Waals surface area contributed by atoms with Gasteiger partial charge in [0.15, 0.2) is 0 Å². The molecule has 1 aliphatic heterocycles. The number of carbonyl (C=O) groups is 1. The minimum atomic E-state index is -0.437. The molecule has 0 radical (unpaired) electrons. The van der Waals surface area contributed by atoms with Gasteiger partial charge in [-0.15, -0.1) is 0 Å². The molecule has 1 aromatic rings. The van der Waals surface area contributed by atoms with Crippen molar-refractivity contribution in [2.24, 2.45) is 5.41 Å². The van der Waals surface area contributed by atoms with Crippen molar-refractivity contribution < 1.29 is 19.4 Å². The maximum atomic E-state index is 12.3. The summed E-state index contributed by atoms with van der Waals surface area (Å²) in [6, 6.07) is 5.36. The van der Waals surface area contributed by atoms with E-state index in [9.17, 15) is 9.90 Å². The lowest BCUT2D eigenvalue weighted by atomic mass is 9.87. The molecule has 1 saturated heterocycles. The summed E-state index contributed by atoms with van der Waals surface area (Å²) in [6.45, 7) is 5.22. The van der Waals surface area contributed by atoms with Crippen molar-refractivity contribution in [2.45, 2.75) is 13.0 Å². The summed E-state index contributed by atoms with van der Waals surface area (Å²) in [5, 5.41) is 10.3. The number of aliphatic hydroxyl groups excluding tert-OH is 1. The summed E-state index contributed by atoms with van der Waals surface area (Å²) >= 11 is 6.27. The third kappa shape index (κ3) is 4.05. The number of nitrogens with zero attached hydrogens (tertiary/aromatic N) is 1. The van der Waals surface area contributed by atoms with Crippen molar-refractivity contribution in [1.29, 1.82) is 0 Å². The average Bonchev–Trinajstić information content (AvgIpc) is 3.04. The van der Waals surface area contributed by atoms with Crippen molar-refractivity contribution in [3.63, 3.8) is 0 Å². The van der Waals surface area contributed by atoms with Gasteiger partial charge in [0.1, 0.15) is 5.75 Å². The average molecular weight is 340 g/mol. The molecule has 126 valence electrons. The molecule has 23 heavy (non-hydrogen) atoms. The number of benzene rings is 1. The van der Waals surface area contributed by atoms with E-state index < -0.39 is 5.41 Å². The summed E-state index contributed by atoms with van der Waals surface area (Å²) in [5.74, 6) is 0.409. The zero-order valence-corrected chi connectivity index (χ0v) is 14.0. The van der Waals surface area contributed by atoms with Crippen LogP contribution in [0.15, 0.2) is 30.9 Å². The number of amides is 1. The minimum Gasteiger partial charge on any atom is -0.496 e. The van der Waals surface area contributed by atoms with Gasteiger partial charge in [0.2, 0.25) is 5.91 Å². The third-order valence-corrected chi connectivity index (χ3v) is 4.53. The summed E-state index contributed by atoms with van der Waals surface area (Å²) in [5.41, 5.74) is 0.298. The molecule has 1 N–H and O–H groups in total. The molecule has 0 bridgehead atoms. The summed E-state index contributed by atoms with van der Waals surface area (Å²) in [4.78, 5) is 13.9. The van der Waals surface area contributed by atoms with Crippen LogP contribution in [-0.4, -0.2) is 49.4 Å². The molecule has 2 rings (SSSR count). The molecule has 1 unspecified atom stereocenters. The SMILES string of the molecule is C=CC(=O)N(Cc1c(Cl)cccc1OC)CC1(CO)CCOC1. The van der Waals surface area contributed by atoms with E-state index in [1.165, 1.54) is 6.08 Å². The second kappa shape index (κ2) is 7.81. The number of hydrogen-bond acceptors (Lipinski definition) is 4. The van der Waals surface area contributed by atoms with Crippen LogP contribution in [0, 0.1) is 5.41 Å². The first-order valence-electron chi connectivity index (χ1n) is 7.46. The van der Waals surface area contributed by atoms with Gasteiger partial charge in [-0.2, -0.15) is 0 Å². The van der Waals surface area contributed by atoms with E-state index in [0.29, 0.717) is 37.0 Å². The van der Waals surface area contributed by atoms with Crippen LogP contribution >= 0.6 is 11.6 Å². The Morgan fingerprint density at radius 1 is 1.61 bits per heavy atom. The Kier molecular flexibility index (Phi) is 6.04. The lowest BCUT2D eigenvalue weighted by molar-refractivity contribution is -0.128. The molecule has 6 heteroatoms. The number of hydrogen-bond donors (Lipinski definition) is 1. The monoisotopic (exact) mass is 339 g/mol. The Bertz CT molecular complexity index is 570. The number of halogens is 1. The van der Waals surface area contributed by atoms with Gasteiger partial charge in [-0.05, 0) is 24.6 Å². The highest BCUT2D eigenvalue weighted by molar-refractivity contribution is 6.31. The van der Waals surface area contributed by atoms with E-state index >= 15 is 0 Å². The van der Waals surface area contributed by atoms with Crippen LogP contribution in [0.4, 0.5) is 0 Å². The first-order chi connectivity index (χ1) is 11.0. The summed E-state index contributed by atoms with van der Waals surface area (Å²) in [7, 11) is 1.56. The van der Waals surface area contributed by atoms with Crippen molar-refractivity contribution in [3.8, 4) is 5.75 Å². The van der Waals surface area contributed by atoms with Gasteiger partial charge in [0.05, 0.1) is 26.9 Å². The first-order valence-corrected chi connectivity index (χ1v) is 7.84. The van der Waals surface area contributed by atoms with E-state index in [4.69, 9.17) is 21.1 Å². The van der Waals surface area contributed by atoms with Gasteiger partial charge in [-0.25, -0.2) is 0 Å². The lowest BCUT2D eigenvalue weighted by Crippen LogP contribution is -2.43. The van der Waals surface area contributed by atoms with E-state index in [1.54, 1.807) is 30.2 Å². The topological polar surface area (TPSA) is 59.0 Å². The van der Waals surface area contributed by atoms with E-state index in [-0.39, 0.29) is 19.1 Å². The Morgan fingerprint density at radius 2 is 2.39 bits per heavy atom. The zero-order chi connectivity index (χ0) is 16.9. The van der Waals surface area contributed by atoms with Gasteiger partial charge in [-0.3, -0.25) is 4.79 Å². The molecule has 1 atom stereocenters. The van der Waals surface area contributed by atoms with Crippen LogP contribution in [-0.2, 0) is 16.1 Å². The van der Waals surface area contributed by atoms with Crippen molar-refractivity contribution >= 4 is 17.5 Å². The molecule has 0 saturated carbocycles. The van der Waals surface area contributed by atoms with Gasteiger partial charge in [0.25, 0.3) is 0 Å². The second-order valence-corrected chi connectivity index (χ2v) is 6.19. The highest BCUT2D eigenvalue weighted by atomic mass is 35.5. The highest BCUT2D eigenvalue weighted by Gasteiger charge is 2.37. The van der Waals surface area contributed by atoms with Crippen molar-refractivity contribution in [1.82, 2.24) is 4.90 Å². The summed E-state index contributed by atoms with van der Waals surface area (Å²) in [6.07, 6.45) is 1.98. The van der Waals surface area contributed by atoms with Gasteiger partial charge >= 0.3 is 0 Å². The molecule has 1 fully saturated rings. The standard InChI is InChI=1S/C17H22ClNO4/c1-3-16(21)19(10-17(11-20)7-8-23-12-17)9-13-14(18)5-4-6-15(13)22-2/h3-6,20H,1,7-12H2,2H3. The molecule has 1 amide bonds. The van der Waals surface area contributed by atoms with Crippen LogP contribution in [0.1, 0.15) is 12.0 Å². The largest absolute Gasteiger partial charge is 0.496 e. The number of carbonyl (C=O) groups excluding carboxylic acids is 1.